The molecule has 1 aromatic heterocycles. The molecule has 3 aromatic rings. The Kier molecular flexibility index (Phi) is 6.23. The van der Waals surface area contributed by atoms with Gasteiger partial charge in [0.1, 0.15) is 18.2 Å². The summed E-state index contributed by atoms with van der Waals surface area (Å²) < 4.78 is 17.1. The molecule has 2 aromatic carbocycles. The van der Waals surface area contributed by atoms with Crippen LogP contribution < -0.4 is 19.5 Å². The summed E-state index contributed by atoms with van der Waals surface area (Å²) in [5.74, 6) is 1.61. The molecule has 0 atom stereocenters. The number of hydrogen-bond acceptors (Lipinski definition) is 7. The van der Waals surface area contributed by atoms with Crippen LogP contribution in [-0.4, -0.2) is 54.2 Å². The second-order valence-corrected chi connectivity index (χ2v) is 10.2. The van der Waals surface area contributed by atoms with Crippen molar-refractivity contribution in [2.24, 2.45) is 0 Å². The molecule has 186 valence electrons. The molecule has 8 nitrogen and oxygen atoms in total. The van der Waals surface area contributed by atoms with E-state index in [0.717, 1.165) is 41.1 Å². The van der Waals surface area contributed by atoms with Crippen molar-refractivity contribution in [2.75, 3.05) is 26.3 Å². The van der Waals surface area contributed by atoms with Gasteiger partial charge in [0.05, 0.1) is 10.4 Å². The van der Waals surface area contributed by atoms with Crippen molar-refractivity contribution in [1.29, 1.82) is 0 Å². The van der Waals surface area contributed by atoms with Crippen LogP contribution in [0.1, 0.15) is 47.0 Å². The van der Waals surface area contributed by atoms with E-state index < -0.39 is 6.09 Å². The number of carbonyl (C=O) groups is 2. The fourth-order valence-electron chi connectivity index (χ4n) is 4.26. The Morgan fingerprint density at radius 3 is 2.61 bits per heavy atom. The summed E-state index contributed by atoms with van der Waals surface area (Å²) in [6.07, 6.45) is 3.69. The second kappa shape index (κ2) is 9.81. The van der Waals surface area contributed by atoms with Crippen LogP contribution in [0.3, 0.4) is 0 Å². The van der Waals surface area contributed by atoms with Gasteiger partial charge in [-0.3, -0.25) is 4.79 Å². The van der Waals surface area contributed by atoms with Gasteiger partial charge in [-0.1, -0.05) is 36.4 Å². The number of carbonyl (C=O) groups excluding carboxylic acids is 2. The highest BCUT2D eigenvalue weighted by molar-refractivity contribution is 7.15. The van der Waals surface area contributed by atoms with Crippen molar-refractivity contribution in [3.63, 3.8) is 0 Å². The van der Waals surface area contributed by atoms with Gasteiger partial charge in [-0.15, -0.1) is 11.3 Å². The monoisotopic (exact) mass is 505 g/mol. The molecule has 2 amide bonds. The van der Waals surface area contributed by atoms with Crippen LogP contribution in [0, 0.1) is 0 Å². The molecule has 2 heterocycles. The summed E-state index contributed by atoms with van der Waals surface area (Å²) in [6, 6.07) is 15.3. The predicted molar refractivity (Wildman–Crippen MR) is 135 cm³/mol. The predicted octanol–water partition coefficient (Wildman–Crippen LogP) is 4.85. The van der Waals surface area contributed by atoms with E-state index in [4.69, 9.17) is 19.2 Å². The fraction of sp³-hybridized carbons (Fsp3) is 0.370. The number of aromatic nitrogens is 1. The van der Waals surface area contributed by atoms with E-state index >= 15 is 0 Å². The number of para-hydroxylation sites is 1. The van der Waals surface area contributed by atoms with Gasteiger partial charge in [0.2, 0.25) is 5.88 Å². The molecule has 3 aliphatic rings. The molecular weight excluding hydrogens is 478 g/mol. The maximum atomic E-state index is 13.2. The van der Waals surface area contributed by atoms with Crippen LogP contribution in [0.25, 0.3) is 10.4 Å². The Balaban J connectivity index is 1.12. The summed E-state index contributed by atoms with van der Waals surface area (Å²) in [6.45, 7) is 1.51. The minimum Gasteiger partial charge on any atom is -0.486 e. The van der Waals surface area contributed by atoms with Crippen LogP contribution in [-0.2, 0) is 0 Å². The topological polar surface area (TPSA) is 90.0 Å². The first-order chi connectivity index (χ1) is 17.7. The van der Waals surface area contributed by atoms with Crippen molar-refractivity contribution in [3.8, 4) is 27.8 Å². The van der Waals surface area contributed by atoms with Gasteiger partial charge in [0, 0.05) is 25.0 Å². The number of amides is 2. The van der Waals surface area contributed by atoms with Gasteiger partial charge in [0.25, 0.3) is 5.91 Å². The number of ether oxygens (including phenoxy) is 3. The third-order valence-electron chi connectivity index (χ3n) is 6.43. The van der Waals surface area contributed by atoms with Gasteiger partial charge < -0.3 is 24.4 Å². The van der Waals surface area contributed by atoms with Gasteiger partial charge >= 0.3 is 6.09 Å². The van der Waals surface area contributed by atoms with Crippen molar-refractivity contribution in [1.82, 2.24) is 15.2 Å². The molecule has 2 aliphatic carbocycles. The van der Waals surface area contributed by atoms with E-state index in [1.54, 1.807) is 34.4 Å². The van der Waals surface area contributed by atoms with Crippen molar-refractivity contribution < 1.29 is 23.8 Å². The van der Waals surface area contributed by atoms with Crippen LogP contribution in [0.5, 0.6) is 17.4 Å². The van der Waals surface area contributed by atoms with Crippen LogP contribution in [0.4, 0.5) is 4.79 Å². The molecule has 2 saturated carbocycles. The Morgan fingerprint density at radius 1 is 1.03 bits per heavy atom. The minimum atomic E-state index is -0.426. The first kappa shape index (κ1) is 22.8. The van der Waals surface area contributed by atoms with Gasteiger partial charge in [-0.05, 0) is 43.4 Å². The first-order valence-corrected chi connectivity index (χ1v) is 13.2. The lowest BCUT2D eigenvalue weighted by molar-refractivity contribution is 0.0933. The maximum Gasteiger partial charge on any atom is 0.416 e. The van der Waals surface area contributed by atoms with E-state index in [2.05, 4.69) is 5.32 Å². The zero-order chi connectivity index (χ0) is 24.5. The number of thiazole rings is 1. The standard InChI is InChI=1S/C27H27N3O5S/c31-24(20-7-4-8-21-22(20)34-16-15-33-21)28-13-14-30(19-11-12-19)27(32)35-25-23(17-5-2-1-3-6-17)36-26(29-25)18-9-10-18/h1-8,18-19H,9-16H2,(H,28,31). The number of benzene rings is 2. The molecule has 2 fully saturated rings. The molecule has 36 heavy (non-hydrogen) atoms. The highest BCUT2D eigenvalue weighted by Gasteiger charge is 2.35. The molecular formula is C27H27N3O5S. The van der Waals surface area contributed by atoms with Gasteiger partial charge in [0.15, 0.2) is 11.5 Å². The Labute approximate surface area is 213 Å². The third kappa shape index (κ3) is 4.88. The van der Waals surface area contributed by atoms with Crippen molar-refractivity contribution in [2.45, 2.75) is 37.6 Å². The second-order valence-electron chi connectivity index (χ2n) is 9.20. The Morgan fingerprint density at radius 2 is 1.83 bits per heavy atom. The van der Waals surface area contributed by atoms with Gasteiger partial charge in [-0.2, -0.15) is 0 Å². The summed E-state index contributed by atoms with van der Waals surface area (Å²) in [5.41, 5.74) is 1.42. The molecule has 0 spiro atoms. The number of rotatable bonds is 8. The third-order valence-corrected chi connectivity index (χ3v) is 7.68. The average molecular weight is 506 g/mol. The summed E-state index contributed by atoms with van der Waals surface area (Å²) in [5, 5.41) is 3.94. The largest absolute Gasteiger partial charge is 0.486 e. The molecule has 9 heteroatoms. The highest BCUT2D eigenvalue weighted by Crippen LogP contribution is 2.47. The number of nitrogens with zero attached hydrogens (tertiary/aromatic N) is 2. The SMILES string of the molecule is O=C(NCCN(C(=O)Oc1nc(C2CC2)sc1-c1ccccc1)C1CC1)c1cccc2c1OCCO2. The van der Waals surface area contributed by atoms with E-state index in [1.165, 1.54) is 0 Å². The van der Waals surface area contributed by atoms with E-state index in [0.29, 0.717) is 55.2 Å². The molecule has 6 rings (SSSR count). The van der Waals surface area contributed by atoms with Crippen LogP contribution >= 0.6 is 11.3 Å². The Hall–Kier alpha value is -3.59. The normalized spacial score (nSPS) is 16.3. The lowest BCUT2D eigenvalue weighted by atomic mass is 10.1. The van der Waals surface area contributed by atoms with E-state index in [9.17, 15) is 9.59 Å². The highest BCUT2D eigenvalue weighted by atomic mass is 32.1. The maximum absolute atomic E-state index is 13.2. The van der Waals surface area contributed by atoms with Crippen LogP contribution in [0.2, 0.25) is 0 Å². The lowest BCUT2D eigenvalue weighted by Crippen LogP contribution is -2.41. The smallest absolute Gasteiger partial charge is 0.416 e. The molecule has 0 radical (unpaired) electrons. The number of nitrogens with one attached hydrogen (secondary N) is 1. The summed E-state index contributed by atoms with van der Waals surface area (Å²) in [4.78, 5) is 33.3. The van der Waals surface area contributed by atoms with Crippen LogP contribution in [0.15, 0.2) is 48.5 Å². The summed E-state index contributed by atoms with van der Waals surface area (Å²) in [7, 11) is 0. The molecule has 1 aliphatic heterocycles. The molecule has 0 unspecified atom stereocenters. The number of hydrogen-bond donors (Lipinski definition) is 1. The van der Waals surface area contributed by atoms with E-state index in [-0.39, 0.29) is 11.9 Å². The number of fused-ring (bicyclic) bond motifs is 1. The zero-order valence-electron chi connectivity index (χ0n) is 19.8. The molecule has 0 bridgehead atoms. The summed E-state index contributed by atoms with van der Waals surface area (Å²) >= 11 is 1.61. The minimum absolute atomic E-state index is 0.123. The fourth-order valence-corrected chi connectivity index (χ4v) is 5.42. The molecule has 0 saturated heterocycles. The van der Waals surface area contributed by atoms with Gasteiger partial charge in [-0.25, -0.2) is 9.78 Å². The Bertz CT molecular complexity index is 1270. The average Bonchev–Trinajstić information content (AvgIpc) is 3.85. The lowest BCUT2D eigenvalue weighted by Gasteiger charge is -2.22. The first-order valence-electron chi connectivity index (χ1n) is 12.4. The van der Waals surface area contributed by atoms with E-state index in [1.807, 2.05) is 30.3 Å². The quantitative estimate of drug-likeness (QED) is 0.471. The molecule has 1 N–H and O–H groups in total. The van der Waals surface area contributed by atoms with Crippen molar-refractivity contribution >= 4 is 23.3 Å². The van der Waals surface area contributed by atoms with Crippen molar-refractivity contribution in [3.05, 3.63) is 59.1 Å². The zero-order valence-corrected chi connectivity index (χ0v) is 20.6.